The molecule has 0 unspecified atom stereocenters. The lowest BCUT2D eigenvalue weighted by Crippen LogP contribution is -2.17. The number of hydrogen-bond donors (Lipinski definition) is 1. The third-order valence-corrected chi connectivity index (χ3v) is 4.76. The molecule has 1 amide bonds. The normalized spacial score (nSPS) is 12.5. The van der Waals surface area contributed by atoms with Crippen molar-refractivity contribution in [1.29, 1.82) is 5.26 Å². The van der Waals surface area contributed by atoms with Gasteiger partial charge in [0.15, 0.2) is 11.5 Å². The number of carbonyl (C=O) groups excluding carboxylic acids is 2. The van der Waals surface area contributed by atoms with E-state index in [1.807, 2.05) is 6.07 Å². The number of fused-ring (bicyclic) bond motifs is 1. The van der Waals surface area contributed by atoms with Crippen LogP contribution in [0.25, 0.3) is 17.4 Å². The van der Waals surface area contributed by atoms with Gasteiger partial charge in [-0.1, -0.05) is 12.1 Å². The molecule has 2 aromatic carbocycles. The minimum absolute atomic E-state index is 0.122. The summed E-state index contributed by atoms with van der Waals surface area (Å²) < 4.78 is 21.7. The Labute approximate surface area is 190 Å². The van der Waals surface area contributed by atoms with E-state index in [1.54, 1.807) is 61.5 Å². The lowest BCUT2D eigenvalue weighted by molar-refractivity contribution is -0.112. The zero-order chi connectivity index (χ0) is 23.2. The molecule has 8 nitrogen and oxygen atoms in total. The molecular formula is C25H20N2O6. The number of furan rings is 1. The summed E-state index contributed by atoms with van der Waals surface area (Å²) in [5.74, 6) is 1.04. The van der Waals surface area contributed by atoms with Crippen molar-refractivity contribution in [3.8, 4) is 28.9 Å². The molecule has 1 aliphatic heterocycles. The summed E-state index contributed by atoms with van der Waals surface area (Å²) in [5, 5.41) is 12.1. The highest BCUT2D eigenvalue weighted by atomic mass is 16.6. The quantitative estimate of drug-likeness (QED) is 0.340. The van der Waals surface area contributed by atoms with Gasteiger partial charge in [0, 0.05) is 23.4 Å². The van der Waals surface area contributed by atoms with Gasteiger partial charge >= 0.3 is 5.97 Å². The zero-order valence-electron chi connectivity index (χ0n) is 17.8. The second kappa shape index (κ2) is 9.75. The topological polar surface area (TPSA) is 111 Å². The molecule has 8 heteroatoms. The van der Waals surface area contributed by atoms with Crippen molar-refractivity contribution in [2.24, 2.45) is 0 Å². The summed E-state index contributed by atoms with van der Waals surface area (Å²) in [6.45, 7) is 2.95. The highest BCUT2D eigenvalue weighted by Gasteiger charge is 2.15. The molecule has 0 atom stereocenters. The van der Waals surface area contributed by atoms with Gasteiger partial charge in [0.05, 0.1) is 12.2 Å². The molecule has 0 saturated carbocycles. The average Bonchev–Trinajstić information content (AvgIpc) is 3.31. The molecule has 0 spiro atoms. The first-order valence-corrected chi connectivity index (χ1v) is 10.3. The number of nitrogens with zero attached hydrogens (tertiary/aromatic N) is 1. The van der Waals surface area contributed by atoms with Crippen LogP contribution in [0, 0.1) is 11.3 Å². The van der Waals surface area contributed by atoms with Crippen molar-refractivity contribution in [1.82, 2.24) is 0 Å². The van der Waals surface area contributed by atoms with Gasteiger partial charge in [-0.2, -0.15) is 5.26 Å². The summed E-state index contributed by atoms with van der Waals surface area (Å²) in [6, 6.07) is 17.1. The molecule has 0 bridgehead atoms. The molecule has 0 radical (unpaired) electrons. The Morgan fingerprint density at radius 2 is 1.82 bits per heavy atom. The maximum Gasteiger partial charge on any atom is 0.338 e. The maximum atomic E-state index is 12.6. The van der Waals surface area contributed by atoms with Crippen molar-refractivity contribution < 1.29 is 28.2 Å². The Morgan fingerprint density at radius 3 is 2.55 bits per heavy atom. The summed E-state index contributed by atoms with van der Waals surface area (Å²) in [4.78, 5) is 24.4. The first-order chi connectivity index (χ1) is 16.1. The molecule has 2 heterocycles. The molecular weight excluding hydrogens is 424 g/mol. The van der Waals surface area contributed by atoms with Gasteiger partial charge < -0.3 is 23.9 Å². The highest BCUT2D eigenvalue weighted by Crippen LogP contribution is 2.32. The van der Waals surface area contributed by atoms with Crippen LogP contribution >= 0.6 is 0 Å². The van der Waals surface area contributed by atoms with Gasteiger partial charge in [0.2, 0.25) is 0 Å². The standard InChI is InChI=1S/C25H20N2O6/c1-2-30-25(29)17-5-3-16(4-6-17)21-10-8-20(33-21)13-18(15-26)24(28)27-19-7-9-22-23(14-19)32-12-11-31-22/h3-10,13-14H,2,11-12H2,1H3,(H,27,28)/b18-13+. The molecule has 0 aliphatic carbocycles. The zero-order valence-corrected chi connectivity index (χ0v) is 17.8. The minimum atomic E-state index is -0.578. The fraction of sp³-hybridized carbons (Fsp3) is 0.160. The van der Waals surface area contributed by atoms with E-state index in [0.29, 0.717) is 54.1 Å². The van der Waals surface area contributed by atoms with Crippen LogP contribution in [0.2, 0.25) is 0 Å². The van der Waals surface area contributed by atoms with Crippen LogP contribution in [-0.4, -0.2) is 31.7 Å². The van der Waals surface area contributed by atoms with E-state index >= 15 is 0 Å². The lowest BCUT2D eigenvalue weighted by atomic mass is 10.1. The molecule has 1 aromatic heterocycles. The second-order valence-corrected chi connectivity index (χ2v) is 6.98. The van der Waals surface area contributed by atoms with Crippen LogP contribution in [-0.2, 0) is 9.53 Å². The maximum absolute atomic E-state index is 12.6. The number of nitrogens with one attached hydrogen (secondary N) is 1. The first-order valence-electron chi connectivity index (χ1n) is 10.3. The Morgan fingerprint density at radius 1 is 1.06 bits per heavy atom. The minimum Gasteiger partial charge on any atom is -0.486 e. The SMILES string of the molecule is CCOC(=O)c1ccc(-c2ccc(/C=C(\C#N)C(=O)Nc3ccc4c(c3)OCCO4)o2)cc1. The van der Waals surface area contributed by atoms with Crippen molar-refractivity contribution in [3.05, 3.63) is 71.5 Å². The second-order valence-electron chi connectivity index (χ2n) is 6.98. The summed E-state index contributed by atoms with van der Waals surface area (Å²) in [5.41, 5.74) is 1.53. The number of amides is 1. The monoisotopic (exact) mass is 444 g/mol. The predicted molar refractivity (Wildman–Crippen MR) is 120 cm³/mol. The third kappa shape index (κ3) is 5.05. The Bertz CT molecular complexity index is 1250. The van der Waals surface area contributed by atoms with Gasteiger partial charge in [-0.3, -0.25) is 4.79 Å². The summed E-state index contributed by atoms with van der Waals surface area (Å²) >= 11 is 0. The van der Waals surface area contributed by atoms with Crippen LogP contribution in [0.3, 0.4) is 0 Å². The van der Waals surface area contributed by atoms with Crippen LogP contribution in [0.15, 0.2) is 64.6 Å². The molecule has 3 aromatic rings. The van der Waals surface area contributed by atoms with Crippen molar-refractivity contribution in [3.63, 3.8) is 0 Å². The van der Waals surface area contributed by atoms with Crippen LogP contribution in [0.5, 0.6) is 11.5 Å². The molecule has 0 fully saturated rings. The number of ether oxygens (including phenoxy) is 3. The highest BCUT2D eigenvalue weighted by molar-refractivity contribution is 6.09. The van der Waals surface area contributed by atoms with E-state index < -0.39 is 11.9 Å². The van der Waals surface area contributed by atoms with Crippen molar-refractivity contribution in [2.45, 2.75) is 6.92 Å². The van der Waals surface area contributed by atoms with Gasteiger partial charge in [0.1, 0.15) is 36.4 Å². The Kier molecular flexibility index (Phi) is 6.41. The van der Waals surface area contributed by atoms with Crippen LogP contribution < -0.4 is 14.8 Å². The molecule has 166 valence electrons. The molecule has 1 aliphatic rings. The summed E-state index contributed by atoms with van der Waals surface area (Å²) in [7, 11) is 0. The van der Waals surface area contributed by atoms with E-state index in [2.05, 4.69) is 5.32 Å². The number of benzene rings is 2. The largest absolute Gasteiger partial charge is 0.486 e. The van der Waals surface area contributed by atoms with Crippen LogP contribution in [0.4, 0.5) is 5.69 Å². The van der Waals surface area contributed by atoms with Crippen molar-refractivity contribution in [2.75, 3.05) is 25.1 Å². The number of rotatable bonds is 6. The average molecular weight is 444 g/mol. The van der Waals surface area contributed by atoms with Gasteiger partial charge in [0.25, 0.3) is 5.91 Å². The van der Waals surface area contributed by atoms with Crippen molar-refractivity contribution >= 4 is 23.6 Å². The molecule has 4 rings (SSSR count). The predicted octanol–water partition coefficient (Wildman–Crippen LogP) is 4.44. The van der Waals surface area contributed by atoms with Gasteiger partial charge in [-0.15, -0.1) is 0 Å². The first kappa shape index (κ1) is 21.7. The number of anilines is 1. The Balaban J connectivity index is 1.47. The van der Waals surface area contributed by atoms with E-state index in [9.17, 15) is 14.9 Å². The fourth-order valence-corrected chi connectivity index (χ4v) is 3.18. The molecule has 1 N–H and O–H groups in total. The van der Waals surface area contributed by atoms with E-state index in [4.69, 9.17) is 18.6 Å². The number of carbonyl (C=O) groups is 2. The molecule has 33 heavy (non-hydrogen) atoms. The molecule has 0 saturated heterocycles. The van der Waals surface area contributed by atoms with Crippen LogP contribution in [0.1, 0.15) is 23.0 Å². The van der Waals surface area contributed by atoms with E-state index in [0.717, 1.165) is 5.56 Å². The third-order valence-electron chi connectivity index (χ3n) is 4.76. The number of esters is 1. The van der Waals surface area contributed by atoms with E-state index in [1.165, 1.54) is 6.08 Å². The fourth-order valence-electron chi connectivity index (χ4n) is 3.18. The number of nitriles is 1. The van der Waals surface area contributed by atoms with Gasteiger partial charge in [-0.05, 0) is 43.3 Å². The summed E-state index contributed by atoms with van der Waals surface area (Å²) in [6.07, 6.45) is 1.36. The van der Waals surface area contributed by atoms with E-state index in [-0.39, 0.29) is 5.57 Å². The smallest absolute Gasteiger partial charge is 0.338 e. The lowest BCUT2D eigenvalue weighted by Gasteiger charge is -2.18. The number of hydrogen-bond acceptors (Lipinski definition) is 7. The van der Waals surface area contributed by atoms with Gasteiger partial charge in [-0.25, -0.2) is 4.79 Å². The Hall–Kier alpha value is -4.51.